The van der Waals surface area contributed by atoms with Crippen LogP contribution in [0, 0.1) is 0 Å². The molecule has 7 heteroatoms. The Balaban J connectivity index is 3.08. The van der Waals surface area contributed by atoms with Crippen molar-refractivity contribution in [2.75, 3.05) is 7.11 Å². The molecule has 0 heterocycles. The maximum absolute atomic E-state index is 13.0. The smallest absolute Gasteiger partial charge is 0.327 e. The highest BCUT2D eigenvalue weighted by Gasteiger charge is 2.49. The first-order valence-electron chi connectivity index (χ1n) is 4.44. The second-order valence-electron chi connectivity index (χ2n) is 3.23. The zero-order valence-corrected chi connectivity index (χ0v) is 10.1. The minimum Gasteiger partial charge on any atom is -0.497 e. The van der Waals surface area contributed by atoms with E-state index in [0.29, 0.717) is 5.75 Å². The van der Waals surface area contributed by atoms with E-state index in [0.717, 1.165) is 6.07 Å². The number of hydrogen-bond donors (Lipinski definition) is 0. The Morgan fingerprint density at radius 2 is 1.88 bits per heavy atom. The summed E-state index contributed by atoms with van der Waals surface area (Å²) in [6.45, 7) is 0. The van der Waals surface area contributed by atoms with Gasteiger partial charge in [-0.15, -0.1) is 11.6 Å². The van der Waals surface area contributed by atoms with Gasteiger partial charge in [0.1, 0.15) is 11.1 Å². The van der Waals surface area contributed by atoms with Crippen LogP contribution in [-0.2, 0) is 0 Å². The van der Waals surface area contributed by atoms with E-state index in [2.05, 4.69) is 0 Å². The van der Waals surface area contributed by atoms with Gasteiger partial charge >= 0.3 is 12.3 Å². The fourth-order valence-electron chi connectivity index (χ4n) is 1.16. The van der Waals surface area contributed by atoms with Crippen LogP contribution < -0.4 is 4.74 Å². The number of halogens is 6. The molecule has 1 nitrogen and oxygen atoms in total. The first-order chi connectivity index (χ1) is 7.80. The van der Waals surface area contributed by atoms with Crippen molar-refractivity contribution in [3.05, 3.63) is 28.8 Å². The van der Waals surface area contributed by atoms with Crippen molar-refractivity contribution in [1.82, 2.24) is 0 Å². The fraction of sp³-hybridized carbons (Fsp3) is 0.400. The topological polar surface area (TPSA) is 9.23 Å². The Morgan fingerprint density at radius 1 is 1.29 bits per heavy atom. The summed E-state index contributed by atoms with van der Waals surface area (Å²) in [5, 5.41) is -2.34. The van der Waals surface area contributed by atoms with Crippen LogP contribution in [-0.4, -0.2) is 19.5 Å². The Bertz CT molecular complexity index is 398. The summed E-state index contributed by atoms with van der Waals surface area (Å²) in [5.74, 6) is -4.03. The molecule has 0 aliphatic heterocycles. The van der Waals surface area contributed by atoms with Crippen LogP contribution in [0.1, 0.15) is 10.9 Å². The molecule has 1 atom stereocenters. The summed E-state index contributed by atoms with van der Waals surface area (Å²) in [7, 11) is 1.36. The molecule has 0 saturated carbocycles. The fourth-order valence-corrected chi connectivity index (χ4v) is 1.78. The van der Waals surface area contributed by atoms with Crippen LogP contribution in [0.4, 0.5) is 17.6 Å². The molecule has 1 aromatic rings. The van der Waals surface area contributed by atoms with Gasteiger partial charge < -0.3 is 4.74 Å². The van der Waals surface area contributed by atoms with E-state index in [-0.39, 0.29) is 10.6 Å². The second kappa shape index (κ2) is 5.31. The molecular weight excluding hydrogens is 283 g/mol. The molecule has 0 amide bonds. The van der Waals surface area contributed by atoms with Gasteiger partial charge in [0, 0.05) is 5.02 Å². The molecule has 0 N–H and O–H groups in total. The van der Waals surface area contributed by atoms with Gasteiger partial charge in [0.05, 0.1) is 7.11 Å². The number of methoxy groups -OCH3 is 1. The Morgan fingerprint density at radius 3 is 2.29 bits per heavy atom. The Labute approximate surface area is 105 Å². The zero-order chi connectivity index (χ0) is 13.2. The molecule has 1 aromatic carbocycles. The molecule has 0 spiro atoms. The monoisotopic (exact) mass is 290 g/mol. The van der Waals surface area contributed by atoms with E-state index in [1.165, 1.54) is 19.2 Å². The predicted molar refractivity (Wildman–Crippen MR) is 57.5 cm³/mol. The SMILES string of the molecule is COc1ccc(C(Cl)C(F)(F)C(F)F)c(Cl)c1. The van der Waals surface area contributed by atoms with Crippen molar-refractivity contribution in [3.8, 4) is 5.75 Å². The number of alkyl halides is 5. The lowest BCUT2D eigenvalue weighted by Gasteiger charge is -2.22. The molecule has 1 unspecified atom stereocenters. The highest BCUT2D eigenvalue weighted by atomic mass is 35.5. The lowest BCUT2D eigenvalue weighted by atomic mass is 10.1. The van der Waals surface area contributed by atoms with Gasteiger partial charge in [-0.1, -0.05) is 17.7 Å². The van der Waals surface area contributed by atoms with E-state index < -0.39 is 17.7 Å². The van der Waals surface area contributed by atoms with Crippen LogP contribution in [0.5, 0.6) is 5.75 Å². The normalized spacial score (nSPS) is 13.9. The van der Waals surface area contributed by atoms with E-state index >= 15 is 0 Å². The highest BCUT2D eigenvalue weighted by molar-refractivity contribution is 6.33. The summed E-state index contributed by atoms with van der Waals surface area (Å²) < 4.78 is 55.1. The van der Waals surface area contributed by atoms with Gasteiger partial charge in [-0.2, -0.15) is 8.78 Å². The summed E-state index contributed by atoms with van der Waals surface area (Å²) in [4.78, 5) is 0. The van der Waals surface area contributed by atoms with E-state index in [1.54, 1.807) is 0 Å². The van der Waals surface area contributed by atoms with E-state index in [4.69, 9.17) is 27.9 Å². The minimum absolute atomic E-state index is 0.148. The van der Waals surface area contributed by atoms with Gasteiger partial charge in [-0.25, -0.2) is 8.78 Å². The van der Waals surface area contributed by atoms with Crippen LogP contribution in [0.2, 0.25) is 5.02 Å². The number of benzene rings is 1. The minimum atomic E-state index is -4.35. The van der Waals surface area contributed by atoms with E-state index in [1.807, 2.05) is 0 Å². The molecule has 0 aromatic heterocycles. The van der Waals surface area contributed by atoms with Crippen molar-refractivity contribution in [2.24, 2.45) is 0 Å². The first kappa shape index (κ1) is 14.4. The summed E-state index contributed by atoms with van der Waals surface area (Å²) in [6.07, 6.45) is -3.86. The quantitative estimate of drug-likeness (QED) is 0.585. The van der Waals surface area contributed by atoms with Crippen molar-refractivity contribution >= 4 is 23.2 Å². The molecular formula is C10H8Cl2F4O. The molecule has 0 radical (unpaired) electrons. The van der Waals surface area contributed by atoms with Crippen LogP contribution in [0.25, 0.3) is 0 Å². The van der Waals surface area contributed by atoms with Gasteiger partial charge in [-0.3, -0.25) is 0 Å². The summed E-state index contributed by atoms with van der Waals surface area (Å²) >= 11 is 11.0. The summed E-state index contributed by atoms with van der Waals surface area (Å²) in [6, 6.07) is 3.68. The molecule has 17 heavy (non-hydrogen) atoms. The average Bonchev–Trinajstić information content (AvgIpc) is 2.27. The van der Waals surface area contributed by atoms with Gasteiger partial charge in [0.2, 0.25) is 0 Å². The highest BCUT2D eigenvalue weighted by Crippen LogP contribution is 2.44. The van der Waals surface area contributed by atoms with Crippen LogP contribution in [0.3, 0.4) is 0 Å². The molecule has 1 rings (SSSR count). The van der Waals surface area contributed by atoms with Gasteiger partial charge in [0.25, 0.3) is 0 Å². The van der Waals surface area contributed by atoms with Crippen LogP contribution in [0.15, 0.2) is 18.2 Å². The first-order valence-corrected chi connectivity index (χ1v) is 5.25. The van der Waals surface area contributed by atoms with Crippen molar-refractivity contribution in [1.29, 1.82) is 0 Å². The van der Waals surface area contributed by atoms with Crippen molar-refractivity contribution in [2.45, 2.75) is 17.7 Å². The molecule has 0 aliphatic carbocycles. The third kappa shape index (κ3) is 2.96. The van der Waals surface area contributed by atoms with Crippen molar-refractivity contribution in [3.63, 3.8) is 0 Å². The average molecular weight is 291 g/mol. The summed E-state index contributed by atoms with van der Waals surface area (Å²) in [5.41, 5.74) is -0.264. The van der Waals surface area contributed by atoms with Crippen molar-refractivity contribution < 1.29 is 22.3 Å². The Kier molecular flexibility index (Phi) is 4.49. The Hall–Kier alpha value is -0.680. The lowest BCUT2D eigenvalue weighted by molar-refractivity contribution is -0.130. The molecule has 0 bridgehead atoms. The standard InChI is InChI=1S/C10H8Cl2F4O/c1-17-5-2-3-6(7(11)4-5)8(12)10(15,16)9(13)14/h2-4,8-9H,1H3. The molecule has 96 valence electrons. The van der Waals surface area contributed by atoms with E-state index in [9.17, 15) is 17.6 Å². The third-order valence-electron chi connectivity index (χ3n) is 2.11. The third-order valence-corrected chi connectivity index (χ3v) is 2.96. The van der Waals surface area contributed by atoms with Gasteiger partial charge in [-0.05, 0) is 17.7 Å². The van der Waals surface area contributed by atoms with Crippen LogP contribution >= 0.6 is 23.2 Å². The lowest BCUT2D eigenvalue weighted by Crippen LogP contribution is -2.31. The predicted octanol–water partition coefficient (Wildman–Crippen LogP) is 4.53. The molecule has 0 saturated heterocycles. The zero-order valence-electron chi connectivity index (χ0n) is 8.56. The van der Waals surface area contributed by atoms with Gasteiger partial charge in [0.15, 0.2) is 0 Å². The molecule has 0 fully saturated rings. The number of hydrogen-bond acceptors (Lipinski definition) is 1. The second-order valence-corrected chi connectivity index (χ2v) is 4.07. The number of rotatable bonds is 4. The largest absolute Gasteiger partial charge is 0.497 e. The number of ether oxygens (including phenoxy) is 1. The molecule has 0 aliphatic rings. The maximum Gasteiger partial charge on any atom is 0.327 e. The maximum atomic E-state index is 13.0.